The summed E-state index contributed by atoms with van der Waals surface area (Å²) in [5.74, 6) is 0.676. The van der Waals surface area contributed by atoms with Crippen molar-refractivity contribution in [3.05, 3.63) is 40.2 Å². The lowest BCUT2D eigenvalue weighted by molar-refractivity contribution is -0.383. The number of nitro benzene ring substituents is 1. The highest BCUT2D eigenvalue weighted by atomic mass is 16.6. The van der Waals surface area contributed by atoms with Crippen LogP contribution in [-0.4, -0.2) is 29.1 Å². The Balaban J connectivity index is 1.96. The van der Waals surface area contributed by atoms with Crippen molar-refractivity contribution in [3.63, 3.8) is 0 Å². The van der Waals surface area contributed by atoms with Crippen LogP contribution in [0.4, 0.5) is 5.69 Å². The lowest BCUT2D eigenvalue weighted by Gasteiger charge is -2.14. The zero-order valence-corrected chi connectivity index (χ0v) is 11.8. The molecule has 2 aromatic rings. The van der Waals surface area contributed by atoms with E-state index in [0.717, 1.165) is 30.5 Å². The fourth-order valence-electron chi connectivity index (χ4n) is 2.68. The van der Waals surface area contributed by atoms with Gasteiger partial charge in [-0.05, 0) is 38.4 Å². The molecule has 110 valence electrons. The van der Waals surface area contributed by atoms with Gasteiger partial charge < -0.3 is 10.1 Å². The number of fused-ring (bicyclic) bond motifs is 1. The predicted octanol–water partition coefficient (Wildman–Crippen LogP) is 2.58. The highest BCUT2D eigenvalue weighted by Crippen LogP contribution is 2.33. The molecule has 0 radical (unpaired) electrons. The minimum absolute atomic E-state index is 0.0591. The SMILES string of the molecule is Cc1cc2c(OCC3CCCN3)ccc([N+](=O)[O-])c2cn1. The third kappa shape index (κ3) is 2.80. The highest BCUT2D eigenvalue weighted by Gasteiger charge is 2.18. The van der Waals surface area contributed by atoms with E-state index in [4.69, 9.17) is 4.74 Å². The molecule has 0 bridgehead atoms. The van der Waals surface area contributed by atoms with Crippen molar-refractivity contribution in [1.29, 1.82) is 0 Å². The Bertz CT molecular complexity index is 681. The Morgan fingerprint density at radius 1 is 1.48 bits per heavy atom. The van der Waals surface area contributed by atoms with Crippen molar-refractivity contribution in [2.75, 3.05) is 13.2 Å². The number of ether oxygens (including phenoxy) is 1. The molecule has 1 saturated heterocycles. The molecule has 1 atom stereocenters. The van der Waals surface area contributed by atoms with Gasteiger partial charge >= 0.3 is 0 Å². The van der Waals surface area contributed by atoms with Crippen LogP contribution >= 0.6 is 0 Å². The van der Waals surface area contributed by atoms with Crippen molar-refractivity contribution in [2.45, 2.75) is 25.8 Å². The zero-order chi connectivity index (χ0) is 14.8. The van der Waals surface area contributed by atoms with Gasteiger partial charge in [-0.3, -0.25) is 15.1 Å². The van der Waals surface area contributed by atoms with E-state index in [9.17, 15) is 10.1 Å². The van der Waals surface area contributed by atoms with Crippen LogP contribution in [0.25, 0.3) is 10.8 Å². The molecule has 1 aromatic carbocycles. The Morgan fingerprint density at radius 3 is 3.05 bits per heavy atom. The van der Waals surface area contributed by atoms with Crippen molar-refractivity contribution in [2.24, 2.45) is 0 Å². The summed E-state index contributed by atoms with van der Waals surface area (Å²) < 4.78 is 5.88. The maximum absolute atomic E-state index is 11.1. The number of nitrogens with zero attached hydrogens (tertiary/aromatic N) is 2. The van der Waals surface area contributed by atoms with Crippen LogP contribution in [0.1, 0.15) is 18.5 Å². The van der Waals surface area contributed by atoms with Gasteiger partial charge in [0.05, 0.1) is 10.3 Å². The van der Waals surface area contributed by atoms with Crippen LogP contribution in [0.5, 0.6) is 5.75 Å². The van der Waals surface area contributed by atoms with Gasteiger partial charge in [0.15, 0.2) is 0 Å². The summed E-state index contributed by atoms with van der Waals surface area (Å²) >= 11 is 0. The second kappa shape index (κ2) is 5.65. The molecule has 1 aliphatic rings. The van der Waals surface area contributed by atoms with E-state index in [-0.39, 0.29) is 10.6 Å². The maximum Gasteiger partial charge on any atom is 0.279 e. The summed E-state index contributed by atoms with van der Waals surface area (Å²) in [5, 5.41) is 15.7. The van der Waals surface area contributed by atoms with Gasteiger partial charge in [-0.2, -0.15) is 0 Å². The Morgan fingerprint density at radius 2 is 2.33 bits per heavy atom. The molecule has 6 heteroatoms. The molecule has 0 aliphatic carbocycles. The van der Waals surface area contributed by atoms with Crippen LogP contribution in [0.3, 0.4) is 0 Å². The number of nitrogens with one attached hydrogen (secondary N) is 1. The standard InChI is InChI=1S/C15H17N3O3/c1-10-7-12-13(8-17-10)14(18(19)20)4-5-15(12)21-9-11-3-2-6-16-11/h4-5,7-8,11,16H,2-3,6,9H2,1H3. The number of hydrogen-bond acceptors (Lipinski definition) is 5. The van der Waals surface area contributed by atoms with Gasteiger partial charge in [-0.1, -0.05) is 0 Å². The molecule has 0 amide bonds. The first-order valence-electron chi connectivity index (χ1n) is 7.05. The van der Waals surface area contributed by atoms with Gasteiger partial charge in [-0.25, -0.2) is 0 Å². The summed E-state index contributed by atoms with van der Waals surface area (Å²) in [6, 6.07) is 5.35. The second-order valence-corrected chi connectivity index (χ2v) is 5.32. The van der Waals surface area contributed by atoms with Crippen LogP contribution in [-0.2, 0) is 0 Å². The lowest BCUT2D eigenvalue weighted by atomic mass is 10.1. The molecule has 21 heavy (non-hydrogen) atoms. The third-order valence-corrected chi connectivity index (χ3v) is 3.77. The molecule has 1 aliphatic heterocycles. The quantitative estimate of drug-likeness (QED) is 0.690. The lowest BCUT2D eigenvalue weighted by Crippen LogP contribution is -2.28. The summed E-state index contributed by atoms with van der Waals surface area (Å²) in [6.07, 6.45) is 3.81. The van der Waals surface area contributed by atoms with E-state index < -0.39 is 0 Å². The number of rotatable bonds is 4. The maximum atomic E-state index is 11.1. The topological polar surface area (TPSA) is 77.3 Å². The molecular weight excluding hydrogens is 270 g/mol. The molecular formula is C15H17N3O3. The summed E-state index contributed by atoms with van der Waals surface area (Å²) in [7, 11) is 0. The molecule has 6 nitrogen and oxygen atoms in total. The third-order valence-electron chi connectivity index (χ3n) is 3.77. The minimum Gasteiger partial charge on any atom is -0.491 e. The van der Waals surface area contributed by atoms with Crippen LogP contribution in [0.15, 0.2) is 24.4 Å². The normalized spacial score (nSPS) is 18.0. The monoisotopic (exact) mass is 287 g/mol. The molecule has 3 rings (SSSR count). The predicted molar refractivity (Wildman–Crippen MR) is 79.7 cm³/mol. The zero-order valence-electron chi connectivity index (χ0n) is 11.8. The average Bonchev–Trinajstić information content (AvgIpc) is 2.97. The first-order chi connectivity index (χ1) is 10.1. The van der Waals surface area contributed by atoms with E-state index in [0.29, 0.717) is 23.8 Å². The number of non-ortho nitro benzene ring substituents is 1. The molecule has 1 aromatic heterocycles. The van der Waals surface area contributed by atoms with Gasteiger partial charge in [0, 0.05) is 29.4 Å². The number of benzene rings is 1. The smallest absolute Gasteiger partial charge is 0.279 e. The van der Waals surface area contributed by atoms with E-state index in [1.54, 1.807) is 12.3 Å². The number of hydrogen-bond donors (Lipinski definition) is 1. The largest absolute Gasteiger partial charge is 0.491 e. The summed E-state index contributed by atoms with van der Waals surface area (Å²) in [5.41, 5.74) is 0.871. The van der Waals surface area contributed by atoms with Gasteiger partial charge in [0.1, 0.15) is 12.4 Å². The van der Waals surface area contributed by atoms with Crippen LogP contribution < -0.4 is 10.1 Å². The molecule has 1 unspecified atom stereocenters. The summed E-state index contributed by atoms with van der Waals surface area (Å²) in [6.45, 7) is 3.47. The van der Waals surface area contributed by atoms with Gasteiger partial charge in [-0.15, -0.1) is 0 Å². The van der Waals surface area contributed by atoms with Crippen molar-refractivity contribution in [1.82, 2.24) is 10.3 Å². The number of aryl methyl sites for hydroxylation is 1. The Labute approximate surface area is 122 Å². The van der Waals surface area contributed by atoms with E-state index in [2.05, 4.69) is 10.3 Å². The highest BCUT2D eigenvalue weighted by molar-refractivity contribution is 5.95. The van der Waals surface area contributed by atoms with E-state index >= 15 is 0 Å². The fraction of sp³-hybridized carbons (Fsp3) is 0.400. The molecule has 1 N–H and O–H groups in total. The van der Waals surface area contributed by atoms with Crippen molar-refractivity contribution >= 4 is 16.5 Å². The Hall–Kier alpha value is -2.21. The van der Waals surface area contributed by atoms with Crippen LogP contribution in [0, 0.1) is 17.0 Å². The van der Waals surface area contributed by atoms with Crippen molar-refractivity contribution < 1.29 is 9.66 Å². The average molecular weight is 287 g/mol. The molecule has 2 heterocycles. The summed E-state index contributed by atoms with van der Waals surface area (Å²) in [4.78, 5) is 14.9. The van der Waals surface area contributed by atoms with Gasteiger partial charge in [0.25, 0.3) is 5.69 Å². The van der Waals surface area contributed by atoms with Gasteiger partial charge in [0.2, 0.25) is 0 Å². The first-order valence-corrected chi connectivity index (χ1v) is 7.05. The number of aromatic nitrogens is 1. The van der Waals surface area contributed by atoms with Crippen molar-refractivity contribution in [3.8, 4) is 5.75 Å². The van der Waals surface area contributed by atoms with E-state index in [1.165, 1.54) is 6.07 Å². The number of pyridine rings is 1. The van der Waals surface area contributed by atoms with E-state index in [1.807, 2.05) is 13.0 Å². The number of nitro groups is 1. The minimum atomic E-state index is -0.387. The Kier molecular flexibility index (Phi) is 3.70. The first kappa shape index (κ1) is 13.8. The molecule has 0 spiro atoms. The molecule has 1 fully saturated rings. The van der Waals surface area contributed by atoms with Crippen LogP contribution in [0.2, 0.25) is 0 Å². The fourth-order valence-corrected chi connectivity index (χ4v) is 2.68. The second-order valence-electron chi connectivity index (χ2n) is 5.32. The molecule has 0 saturated carbocycles.